The smallest absolute Gasteiger partial charge is 0.311 e. The molecule has 0 aliphatic carbocycles. The molecule has 7 heteroatoms. The molecule has 1 aromatic rings. The van der Waals surface area contributed by atoms with Gasteiger partial charge in [0.1, 0.15) is 6.61 Å². The van der Waals surface area contributed by atoms with Crippen molar-refractivity contribution >= 4 is 11.5 Å². The molecule has 7 nitrogen and oxygen atoms in total. The van der Waals surface area contributed by atoms with E-state index in [4.69, 9.17) is 15.2 Å². The van der Waals surface area contributed by atoms with Crippen LogP contribution in [0.5, 0.6) is 5.88 Å². The molecule has 1 aliphatic rings. The van der Waals surface area contributed by atoms with Crippen LogP contribution in [0.4, 0.5) is 11.5 Å². The number of nitrogen functional groups attached to an aromatic ring is 1. The van der Waals surface area contributed by atoms with Crippen molar-refractivity contribution in [2.24, 2.45) is 0 Å². The third kappa shape index (κ3) is 3.07. The van der Waals surface area contributed by atoms with E-state index < -0.39 is 4.92 Å². The first-order chi connectivity index (χ1) is 8.66. The fourth-order valence-electron chi connectivity index (χ4n) is 1.80. The fourth-order valence-corrected chi connectivity index (χ4v) is 1.80. The average molecular weight is 253 g/mol. The number of nitro groups is 1. The van der Waals surface area contributed by atoms with Crippen molar-refractivity contribution in [1.82, 2.24) is 4.98 Å². The van der Waals surface area contributed by atoms with E-state index in [9.17, 15) is 10.1 Å². The zero-order valence-electron chi connectivity index (χ0n) is 9.87. The second-order valence-corrected chi connectivity index (χ2v) is 4.11. The van der Waals surface area contributed by atoms with Gasteiger partial charge >= 0.3 is 5.69 Å². The van der Waals surface area contributed by atoms with Gasteiger partial charge in [0.25, 0.3) is 0 Å². The fraction of sp³-hybridized carbons (Fsp3) is 0.545. The topological polar surface area (TPSA) is 101 Å². The maximum absolute atomic E-state index is 10.6. The molecule has 0 amide bonds. The largest absolute Gasteiger partial charge is 0.475 e. The number of anilines is 1. The van der Waals surface area contributed by atoms with Crippen LogP contribution in [0, 0.1) is 10.1 Å². The van der Waals surface area contributed by atoms with Gasteiger partial charge in [-0.25, -0.2) is 0 Å². The van der Waals surface area contributed by atoms with Crippen molar-refractivity contribution in [3.63, 3.8) is 0 Å². The highest BCUT2D eigenvalue weighted by molar-refractivity contribution is 5.53. The number of nitrogens with zero attached hydrogens (tertiary/aromatic N) is 2. The molecule has 2 rings (SSSR count). The Morgan fingerprint density at radius 2 is 2.39 bits per heavy atom. The van der Waals surface area contributed by atoms with Crippen molar-refractivity contribution < 1.29 is 14.4 Å². The Bertz CT molecular complexity index is 432. The normalized spacial score (nSPS) is 19.4. The third-order valence-corrected chi connectivity index (χ3v) is 2.76. The van der Waals surface area contributed by atoms with Crippen LogP contribution in [0.15, 0.2) is 12.1 Å². The lowest BCUT2D eigenvalue weighted by atomic mass is 10.1. The summed E-state index contributed by atoms with van der Waals surface area (Å²) in [6, 6.07) is 2.73. The lowest BCUT2D eigenvalue weighted by molar-refractivity contribution is -0.384. The van der Waals surface area contributed by atoms with Crippen molar-refractivity contribution in [3.05, 3.63) is 22.2 Å². The highest BCUT2D eigenvalue weighted by atomic mass is 16.6. The molecule has 1 aliphatic heterocycles. The van der Waals surface area contributed by atoms with Crippen molar-refractivity contribution in [1.29, 1.82) is 0 Å². The van der Waals surface area contributed by atoms with Crippen LogP contribution in [0.1, 0.15) is 19.3 Å². The van der Waals surface area contributed by atoms with Crippen LogP contribution in [0.3, 0.4) is 0 Å². The monoisotopic (exact) mass is 253 g/mol. The van der Waals surface area contributed by atoms with E-state index in [2.05, 4.69) is 4.98 Å². The minimum Gasteiger partial charge on any atom is -0.475 e. The van der Waals surface area contributed by atoms with E-state index in [0.29, 0.717) is 6.61 Å². The number of ether oxygens (including phenoxy) is 2. The Morgan fingerprint density at radius 3 is 3.00 bits per heavy atom. The van der Waals surface area contributed by atoms with Crippen molar-refractivity contribution in [2.45, 2.75) is 25.4 Å². The Labute approximate surface area is 104 Å². The molecule has 1 saturated heterocycles. The summed E-state index contributed by atoms with van der Waals surface area (Å²) in [6.07, 6.45) is 3.24. The zero-order valence-corrected chi connectivity index (χ0v) is 9.87. The molecule has 1 aromatic heterocycles. The van der Waals surface area contributed by atoms with Gasteiger partial charge in [0.05, 0.1) is 11.0 Å². The zero-order chi connectivity index (χ0) is 13.0. The number of hydrogen-bond acceptors (Lipinski definition) is 6. The highest BCUT2D eigenvalue weighted by Gasteiger charge is 2.16. The summed E-state index contributed by atoms with van der Waals surface area (Å²) in [4.78, 5) is 13.8. The standard InChI is InChI=1S/C11H15N3O4/c12-11-9(14(15)16)4-5-10(13-11)18-7-8-3-1-2-6-17-8/h4-5,8H,1-3,6-7H2,(H2,12,13). The number of pyridine rings is 1. The molecule has 98 valence electrons. The summed E-state index contributed by atoms with van der Waals surface area (Å²) in [5, 5.41) is 10.6. The molecule has 2 N–H and O–H groups in total. The molecule has 2 heterocycles. The Morgan fingerprint density at radius 1 is 1.56 bits per heavy atom. The van der Waals surface area contributed by atoms with Gasteiger partial charge in [-0.05, 0) is 19.3 Å². The lowest BCUT2D eigenvalue weighted by Gasteiger charge is -2.22. The maximum Gasteiger partial charge on any atom is 0.311 e. The van der Waals surface area contributed by atoms with Gasteiger partial charge < -0.3 is 15.2 Å². The molecular weight excluding hydrogens is 238 g/mol. The van der Waals surface area contributed by atoms with Gasteiger partial charge in [-0.2, -0.15) is 4.98 Å². The predicted octanol–water partition coefficient (Wildman–Crippen LogP) is 1.52. The van der Waals surface area contributed by atoms with E-state index in [-0.39, 0.29) is 23.5 Å². The summed E-state index contributed by atoms with van der Waals surface area (Å²) in [6.45, 7) is 1.15. The predicted molar refractivity (Wildman–Crippen MR) is 64.4 cm³/mol. The second-order valence-electron chi connectivity index (χ2n) is 4.11. The van der Waals surface area contributed by atoms with Crippen LogP contribution in [-0.4, -0.2) is 29.2 Å². The van der Waals surface area contributed by atoms with Crippen LogP contribution < -0.4 is 10.5 Å². The summed E-state index contributed by atoms with van der Waals surface area (Å²) >= 11 is 0. The minimum atomic E-state index is -0.573. The first-order valence-electron chi connectivity index (χ1n) is 5.82. The SMILES string of the molecule is Nc1nc(OCC2CCCCO2)ccc1[N+](=O)[O-]. The number of aromatic nitrogens is 1. The first-order valence-corrected chi connectivity index (χ1v) is 5.82. The molecule has 1 fully saturated rings. The average Bonchev–Trinajstić information content (AvgIpc) is 2.37. The number of hydrogen-bond donors (Lipinski definition) is 1. The maximum atomic E-state index is 10.6. The quantitative estimate of drug-likeness (QED) is 0.645. The molecule has 0 aromatic carbocycles. The second kappa shape index (κ2) is 5.63. The third-order valence-electron chi connectivity index (χ3n) is 2.76. The van der Waals surface area contributed by atoms with Crippen LogP contribution in [0.2, 0.25) is 0 Å². The van der Waals surface area contributed by atoms with E-state index in [1.807, 2.05) is 0 Å². The van der Waals surface area contributed by atoms with Gasteiger partial charge in [0.2, 0.25) is 11.7 Å². The highest BCUT2D eigenvalue weighted by Crippen LogP contribution is 2.22. The molecule has 0 radical (unpaired) electrons. The van der Waals surface area contributed by atoms with Crippen LogP contribution >= 0.6 is 0 Å². The summed E-state index contributed by atoms with van der Waals surface area (Å²) < 4.78 is 10.9. The van der Waals surface area contributed by atoms with Crippen molar-refractivity contribution in [3.8, 4) is 5.88 Å². The molecule has 1 unspecified atom stereocenters. The van der Waals surface area contributed by atoms with E-state index in [1.54, 1.807) is 0 Å². The lowest BCUT2D eigenvalue weighted by Crippen LogP contribution is -2.26. The van der Waals surface area contributed by atoms with Gasteiger partial charge in [-0.1, -0.05) is 0 Å². The summed E-state index contributed by atoms with van der Waals surface area (Å²) in [5.41, 5.74) is 5.26. The van der Waals surface area contributed by atoms with E-state index in [1.165, 1.54) is 12.1 Å². The van der Waals surface area contributed by atoms with Crippen LogP contribution in [0.25, 0.3) is 0 Å². The molecule has 18 heavy (non-hydrogen) atoms. The minimum absolute atomic E-state index is 0.0666. The molecule has 0 spiro atoms. The summed E-state index contributed by atoms with van der Waals surface area (Å²) in [7, 11) is 0. The van der Waals surface area contributed by atoms with Gasteiger partial charge in [0.15, 0.2) is 0 Å². The molecule has 1 atom stereocenters. The summed E-state index contributed by atoms with van der Waals surface area (Å²) in [5.74, 6) is 0.148. The molecule has 0 saturated carbocycles. The van der Waals surface area contributed by atoms with Gasteiger partial charge in [-0.3, -0.25) is 10.1 Å². The Balaban J connectivity index is 1.93. The Kier molecular flexibility index (Phi) is 3.93. The first kappa shape index (κ1) is 12.6. The van der Waals surface area contributed by atoms with Gasteiger partial charge in [0, 0.05) is 18.7 Å². The van der Waals surface area contributed by atoms with Crippen LogP contribution in [-0.2, 0) is 4.74 Å². The molecular formula is C11H15N3O4. The number of rotatable bonds is 4. The van der Waals surface area contributed by atoms with Gasteiger partial charge in [-0.15, -0.1) is 0 Å². The Hall–Kier alpha value is -1.89. The number of nitrogens with two attached hydrogens (primary N) is 1. The van der Waals surface area contributed by atoms with E-state index >= 15 is 0 Å². The molecule has 0 bridgehead atoms. The van der Waals surface area contributed by atoms with E-state index in [0.717, 1.165) is 25.9 Å². The van der Waals surface area contributed by atoms with Crippen molar-refractivity contribution in [2.75, 3.05) is 18.9 Å².